The minimum Gasteiger partial charge on any atom is -0.478 e. The summed E-state index contributed by atoms with van der Waals surface area (Å²) in [5, 5.41) is 9.18. The van der Waals surface area contributed by atoms with Crippen molar-refractivity contribution in [2.75, 3.05) is 0 Å². The van der Waals surface area contributed by atoms with Gasteiger partial charge in [0.1, 0.15) is 11.6 Å². The standard InChI is InChI=1S/C20H12ClFN2O2S/c21-15-10-14(6-7-16(15)22)27-13-4-1-11(2-5-13)19-23-17-8-3-12(20(25)26)9-18(17)24-19/h1-10H,(H,23,24)(H,25,26). The van der Waals surface area contributed by atoms with Crippen LogP contribution in [0.25, 0.3) is 22.4 Å². The van der Waals surface area contributed by atoms with Crippen LogP contribution in [0.5, 0.6) is 0 Å². The van der Waals surface area contributed by atoms with E-state index < -0.39 is 11.8 Å². The molecule has 1 aromatic heterocycles. The normalized spacial score (nSPS) is 11.0. The van der Waals surface area contributed by atoms with E-state index in [-0.39, 0.29) is 10.6 Å². The maximum Gasteiger partial charge on any atom is 0.335 e. The van der Waals surface area contributed by atoms with Gasteiger partial charge in [-0.2, -0.15) is 0 Å². The number of benzene rings is 3. The Balaban J connectivity index is 1.59. The van der Waals surface area contributed by atoms with Gasteiger partial charge in [0.05, 0.1) is 21.6 Å². The van der Waals surface area contributed by atoms with Crippen molar-refractivity contribution in [1.82, 2.24) is 9.97 Å². The molecule has 2 N–H and O–H groups in total. The summed E-state index contributed by atoms with van der Waals surface area (Å²) in [6, 6.07) is 17.1. The van der Waals surface area contributed by atoms with E-state index in [1.165, 1.54) is 17.8 Å². The average Bonchev–Trinajstić information content (AvgIpc) is 3.08. The van der Waals surface area contributed by atoms with Gasteiger partial charge in [0, 0.05) is 15.4 Å². The van der Waals surface area contributed by atoms with E-state index in [0.29, 0.717) is 11.3 Å². The summed E-state index contributed by atoms with van der Waals surface area (Å²) in [4.78, 5) is 20.6. The van der Waals surface area contributed by atoms with Crippen LogP contribution in [0.1, 0.15) is 10.4 Å². The van der Waals surface area contributed by atoms with Crippen LogP contribution in [-0.2, 0) is 0 Å². The molecule has 0 aliphatic rings. The number of carboxylic acid groups (broad SMARTS) is 1. The number of imidazole rings is 1. The van der Waals surface area contributed by atoms with Gasteiger partial charge in [-0.05, 0) is 48.5 Å². The number of rotatable bonds is 4. The highest BCUT2D eigenvalue weighted by atomic mass is 35.5. The minimum atomic E-state index is -0.983. The number of halogens is 2. The fourth-order valence-electron chi connectivity index (χ4n) is 2.63. The van der Waals surface area contributed by atoms with Crippen molar-refractivity contribution in [1.29, 1.82) is 0 Å². The van der Waals surface area contributed by atoms with Crippen molar-refractivity contribution in [3.05, 3.63) is 77.1 Å². The maximum atomic E-state index is 13.3. The molecule has 0 bridgehead atoms. The molecule has 0 aliphatic heterocycles. The molecule has 0 unspecified atom stereocenters. The lowest BCUT2D eigenvalue weighted by Gasteiger charge is -2.04. The third kappa shape index (κ3) is 3.67. The molecule has 4 aromatic rings. The van der Waals surface area contributed by atoms with E-state index in [9.17, 15) is 9.18 Å². The monoisotopic (exact) mass is 398 g/mol. The van der Waals surface area contributed by atoms with Gasteiger partial charge >= 0.3 is 5.97 Å². The molecule has 0 amide bonds. The second kappa shape index (κ2) is 7.06. The van der Waals surface area contributed by atoms with E-state index in [2.05, 4.69) is 9.97 Å². The number of aromatic amines is 1. The zero-order valence-corrected chi connectivity index (χ0v) is 15.3. The second-order valence-electron chi connectivity index (χ2n) is 5.82. The number of nitrogens with zero attached hydrogens (tertiary/aromatic N) is 1. The van der Waals surface area contributed by atoms with Crippen LogP contribution in [-0.4, -0.2) is 21.0 Å². The highest BCUT2D eigenvalue weighted by Crippen LogP contribution is 2.32. The Labute approximate surface area is 163 Å². The lowest BCUT2D eigenvalue weighted by molar-refractivity contribution is 0.0697. The van der Waals surface area contributed by atoms with Gasteiger partial charge in [0.25, 0.3) is 0 Å². The quantitative estimate of drug-likeness (QED) is 0.451. The zero-order chi connectivity index (χ0) is 19.0. The summed E-state index contributed by atoms with van der Waals surface area (Å²) in [5.74, 6) is -0.759. The first-order valence-electron chi connectivity index (χ1n) is 7.96. The Morgan fingerprint density at radius 3 is 2.48 bits per heavy atom. The van der Waals surface area contributed by atoms with Gasteiger partial charge in [0.2, 0.25) is 0 Å². The number of nitrogens with one attached hydrogen (secondary N) is 1. The molecule has 0 atom stereocenters. The molecule has 0 saturated carbocycles. The van der Waals surface area contributed by atoms with Crippen LogP contribution >= 0.6 is 23.4 Å². The molecule has 1 heterocycles. The summed E-state index contributed by atoms with van der Waals surface area (Å²) >= 11 is 7.29. The predicted octanol–water partition coefficient (Wildman–Crippen LogP) is 5.87. The SMILES string of the molecule is O=C(O)c1ccc2[nH]c(-c3ccc(Sc4ccc(F)c(Cl)c4)cc3)nc2c1. The van der Waals surface area contributed by atoms with Gasteiger partial charge in [-0.3, -0.25) is 0 Å². The Bertz CT molecular complexity index is 1160. The molecule has 0 spiro atoms. The van der Waals surface area contributed by atoms with Crippen molar-refractivity contribution in [3.63, 3.8) is 0 Å². The summed E-state index contributed by atoms with van der Waals surface area (Å²) in [7, 11) is 0. The maximum absolute atomic E-state index is 13.3. The van der Waals surface area contributed by atoms with Crippen LogP contribution < -0.4 is 0 Å². The van der Waals surface area contributed by atoms with E-state index in [0.717, 1.165) is 20.9 Å². The molecule has 27 heavy (non-hydrogen) atoms. The number of hydrogen-bond acceptors (Lipinski definition) is 3. The van der Waals surface area contributed by atoms with Crippen molar-refractivity contribution in [3.8, 4) is 11.4 Å². The number of aromatic nitrogens is 2. The van der Waals surface area contributed by atoms with Crippen molar-refractivity contribution in [2.45, 2.75) is 9.79 Å². The molecule has 0 saturated heterocycles. The van der Waals surface area contributed by atoms with E-state index in [4.69, 9.17) is 16.7 Å². The smallest absolute Gasteiger partial charge is 0.335 e. The molecule has 3 aromatic carbocycles. The van der Waals surface area contributed by atoms with Crippen LogP contribution in [0.2, 0.25) is 5.02 Å². The van der Waals surface area contributed by atoms with E-state index in [1.807, 2.05) is 24.3 Å². The first-order chi connectivity index (χ1) is 13.0. The van der Waals surface area contributed by atoms with Crippen molar-refractivity contribution in [2.24, 2.45) is 0 Å². The predicted molar refractivity (Wildman–Crippen MR) is 104 cm³/mol. The summed E-state index contributed by atoms with van der Waals surface area (Å²) in [6.07, 6.45) is 0. The number of fused-ring (bicyclic) bond motifs is 1. The summed E-state index contributed by atoms with van der Waals surface area (Å²) in [5.41, 5.74) is 2.45. The van der Waals surface area contributed by atoms with Gasteiger partial charge < -0.3 is 10.1 Å². The fraction of sp³-hybridized carbons (Fsp3) is 0. The number of carbonyl (C=O) groups is 1. The molecule has 4 rings (SSSR count). The largest absolute Gasteiger partial charge is 0.478 e. The van der Waals surface area contributed by atoms with Crippen LogP contribution in [0.15, 0.2) is 70.5 Å². The third-order valence-corrected chi connectivity index (χ3v) is 5.27. The first kappa shape index (κ1) is 17.6. The molecule has 134 valence electrons. The van der Waals surface area contributed by atoms with Crippen molar-refractivity contribution >= 4 is 40.4 Å². The Morgan fingerprint density at radius 2 is 1.78 bits per heavy atom. The number of carboxylic acids is 1. The molecule has 7 heteroatoms. The Morgan fingerprint density at radius 1 is 1.04 bits per heavy atom. The average molecular weight is 399 g/mol. The Hall–Kier alpha value is -2.83. The lowest BCUT2D eigenvalue weighted by Crippen LogP contribution is -1.94. The lowest BCUT2D eigenvalue weighted by atomic mass is 10.2. The number of aromatic carboxylic acids is 1. The topological polar surface area (TPSA) is 66.0 Å². The number of hydrogen-bond donors (Lipinski definition) is 2. The van der Waals surface area contributed by atoms with Crippen LogP contribution in [0.4, 0.5) is 4.39 Å². The zero-order valence-electron chi connectivity index (χ0n) is 13.7. The molecule has 0 aliphatic carbocycles. The molecule has 4 nitrogen and oxygen atoms in total. The van der Waals surface area contributed by atoms with Crippen LogP contribution in [0.3, 0.4) is 0 Å². The second-order valence-corrected chi connectivity index (χ2v) is 7.38. The van der Waals surface area contributed by atoms with Crippen LogP contribution in [0, 0.1) is 5.82 Å². The van der Waals surface area contributed by atoms with E-state index in [1.54, 1.807) is 30.3 Å². The van der Waals surface area contributed by atoms with Gasteiger partial charge in [0.15, 0.2) is 0 Å². The Kier molecular flexibility index (Phi) is 4.59. The molecule has 0 fully saturated rings. The van der Waals surface area contributed by atoms with Gasteiger partial charge in [-0.15, -0.1) is 0 Å². The van der Waals surface area contributed by atoms with Crippen molar-refractivity contribution < 1.29 is 14.3 Å². The van der Waals surface area contributed by atoms with Gasteiger partial charge in [-0.25, -0.2) is 14.2 Å². The van der Waals surface area contributed by atoms with Gasteiger partial charge in [-0.1, -0.05) is 35.5 Å². The van der Waals surface area contributed by atoms with E-state index >= 15 is 0 Å². The first-order valence-corrected chi connectivity index (χ1v) is 9.15. The minimum absolute atomic E-state index is 0.0969. The fourth-order valence-corrected chi connectivity index (χ4v) is 3.74. The highest BCUT2D eigenvalue weighted by Gasteiger charge is 2.09. The molecular weight excluding hydrogens is 387 g/mol. The highest BCUT2D eigenvalue weighted by molar-refractivity contribution is 7.99. The number of H-pyrrole nitrogens is 1. The summed E-state index contributed by atoms with van der Waals surface area (Å²) < 4.78 is 13.3. The third-order valence-electron chi connectivity index (χ3n) is 3.98. The summed E-state index contributed by atoms with van der Waals surface area (Å²) in [6.45, 7) is 0. The molecular formula is C20H12ClFN2O2S. The molecule has 0 radical (unpaired) electrons.